The molecule has 6 heteroatoms. The second-order valence-electron chi connectivity index (χ2n) is 9.02. The molecule has 1 fully saturated rings. The fraction of sp³-hybridized carbons (Fsp3) is 0.286. The van der Waals surface area contributed by atoms with Crippen LogP contribution in [0.15, 0.2) is 54.9 Å². The topological polar surface area (TPSA) is 60.9 Å². The van der Waals surface area contributed by atoms with Gasteiger partial charge in [-0.1, -0.05) is 6.07 Å². The largest absolute Gasteiger partial charge is 0.493 e. The Kier molecular flexibility index (Phi) is 5.11. The smallest absolute Gasteiger partial charge is 0.345 e. The molecule has 1 atom stereocenters. The van der Waals surface area contributed by atoms with E-state index < -0.39 is 5.97 Å². The van der Waals surface area contributed by atoms with Crippen molar-refractivity contribution in [3.05, 3.63) is 71.5 Å². The number of ether oxygens (including phenoxy) is 3. The molecule has 2 aliphatic heterocycles. The third-order valence-corrected chi connectivity index (χ3v) is 7.23. The van der Waals surface area contributed by atoms with Gasteiger partial charge in [0, 0.05) is 25.0 Å². The van der Waals surface area contributed by atoms with Crippen LogP contribution in [-0.4, -0.2) is 42.7 Å². The molecule has 3 heterocycles. The molecule has 172 valence electrons. The molecular weight excluding hydrogens is 428 g/mol. The van der Waals surface area contributed by atoms with Gasteiger partial charge in [-0.3, -0.25) is 9.88 Å². The lowest BCUT2D eigenvalue weighted by Gasteiger charge is -2.33. The van der Waals surface area contributed by atoms with Gasteiger partial charge in [0.2, 0.25) is 0 Å². The number of aromatic nitrogens is 1. The van der Waals surface area contributed by atoms with Crippen LogP contribution in [0, 0.1) is 0 Å². The minimum atomic E-state index is -0.422. The van der Waals surface area contributed by atoms with Crippen LogP contribution in [0.3, 0.4) is 0 Å². The van der Waals surface area contributed by atoms with Gasteiger partial charge in [0.25, 0.3) is 0 Å². The van der Waals surface area contributed by atoms with Crippen molar-refractivity contribution in [1.29, 1.82) is 0 Å². The summed E-state index contributed by atoms with van der Waals surface area (Å²) < 4.78 is 17.0. The molecule has 3 aromatic carbocycles. The Labute approximate surface area is 198 Å². The van der Waals surface area contributed by atoms with E-state index in [0.29, 0.717) is 23.1 Å². The molecule has 6 rings (SSSR count). The number of carbonyl (C=O) groups excluding carboxylic acids is 1. The third kappa shape index (κ3) is 3.37. The average Bonchev–Trinajstić information content (AvgIpc) is 3.35. The quantitative estimate of drug-likeness (QED) is 0.242. The Morgan fingerprint density at radius 1 is 0.971 bits per heavy atom. The van der Waals surface area contributed by atoms with E-state index in [-0.39, 0.29) is 0 Å². The number of benzene rings is 3. The zero-order valence-electron chi connectivity index (χ0n) is 19.3. The van der Waals surface area contributed by atoms with Gasteiger partial charge in [0.1, 0.15) is 5.75 Å². The summed E-state index contributed by atoms with van der Waals surface area (Å²) in [6.07, 6.45) is 6.68. The standard InChI is InChI=1S/C28H26N2O4/c1-32-26-13-23-21-11-18-6-4-10-30(18)16-25(21)20-8-7-19(12-22(20)24(23)14-27(26)33-2)34-28(31)17-5-3-9-29-15-17/h3,5,7-9,12-15,18H,4,6,10-11,16H2,1-2H3/t18-/m0/s1. The van der Waals surface area contributed by atoms with Crippen LogP contribution >= 0.6 is 0 Å². The molecule has 6 nitrogen and oxygen atoms in total. The first kappa shape index (κ1) is 20.9. The van der Waals surface area contributed by atoms with Crippen LogP contribution in [0.2, 0.25) is 0 Å². The second kappa shape index (κ2) is 8.29. The van der Waals surface area contributed by atoms with Crippen molar-refractivity contribution in [3.8, 4) is 17.2 Å². The number of pyridine rings is 1. The van der Waals surface area contributed by atoms with E-state index in [0.717, 1.165) is 36.0 Å². The lowest BCUT2D eigenvalue weighted by Crippen LogP contribution is -2.35. The maximum absolute atomic E-state index is 12.6. The van der Waals surface area contributed by atoms with E-state index in [1.54, 1.807) is 32.5 Å². The third-order valence-electron chi connectivity index (χ3n) is 7.23. The van der Waals surface area contributed by atoms with E-state index in [9.17, 15) is 4.79 Å². The molecule has 0 unspecified atom stereocenters. The van der Waals surface area contributed by atoms with Gasteiger partial charge in [-0.25, -0.2) is 4.79 Å². The highest BCUT2D eigenvalue weighted by molar-refractivity contribution is 6.12. The van der Waals surface area contributed by atoms with Gasteiger partial charge < -0.3 is 14.2 Å². The number of fused-ring (bicyclic) bond motifs is 7. The van der Waals surface area contributed by atoms with Crippen molar-refractivity contribution in [2.45, 2.75) is 31.8 Å². The molecule has 2 aliphatic rings. The first-order valence-corrected chi connectivity index (χ1v) is 11.7. The summed E-state index contributed by atoms with van der Waals surface area (Å²) in [5, 5.41) is 4.50. The highest BCUT2D eigenvalue weighted by Crippen LogP contribution is 2.44. The second-order valence-corrected chi connectivity index (χ2v) is 9.02. The number of nitrogens with zero attached hydrogens (tertiary/aromatic N) is 2. The Morgan fingerprint density at radius 2 is 1.76 bits per heavy atom. The Hall–Kier alpha value is -3.64. The van der Waals surface area contributed by atoms with Crippen molar-refractivity contribution < 1.29 is 19.0 Å². The van der Waals surface area contributed by atoms with Crippen LogP contribution in [0.4, 0.5) is 0 Å². The minimum absolute atomic E-state index is 0.421. The molecule has 0 radical (unpaired) electrons. The Morgan fingerprint density at radius 3 is 2.53 bits per heavy atom. The maximum atomic E-state index is 12.6. The summed E-state index contributed by atoms with van der Waals surface area (Å²) in [5.74, 6) is 1.50. The van der Waals surface area contributed by atoms with Gasteiger partial charge in [0.15, 0.2) is 11.5 Å². The Bertz CT molecular complexity index is 1420. The van der Waals surface area contributed by atoms with Crippen molar-refractivity contribution >= 4 is 27.5 Å². The SMILES string of the molecule is COc1cc2c3c(c4ccc(OC(=O)c5cccnc5)cc4c2cc1OC)CN1CCC[C@H]1C3. The van der Waals surface area contributed by atoms with Crippen molar-refractivity contribution in [1.82, 2.24) is 9.88 Å². The molecule has 1 saturated heterocycles. The summed E-state index contributed by atoms with van der Waals surface area (Å²) in [6, 6.07) is 14.1. The number of rotatable bonds is 4. The zero-order valence-corrected chi connectivity index (χ0v) is 19.3. The predicted molar refractivity (Wildman–Crippen MR) is 131 cm³/mol. The molecular formula is C28H26N2O4. The van der Waals surface area contributed by atoms with Crippen LogP contribution in [-0.2, 0) is 13.0 Å². The monoisotopic (exact) mass is 454 g/mol. The van der Waals surface area contributed by atoms with Crippen molar-refractivity contribution in [2.24, 2.45) is 0 Å². The number of methoxy groups -OCH3 is 2. The zero-order chi connectivity index (χ0) is 23.2. The van der Waals surface area contributed by atoms with Crippen LogP contribution < -0.4 is 14.2 Å². The lowest BCUT2D eigenvalue weighted by atomic mass is 9.85. The summed E-state index contributed by atoms with van der Waals surface area (Å²) in [5.41, 5.74) is 3.18. The summed E-state index contributed by atoms with van der Waals surface area (Å²) >= 11 is 0. The number of hydrogen-bond acceptors (Lipinski definition) is 6. The predicted octanol–water partition coefficient (Wildman–Crippen LogP) is 5.14. The maximum Gasteiger partial charge on any atom is 0.345 e. The van der Waals surface area contributed by atoms with E-state index in [1.165, 1.54) is 40.9 Å². The fourth-order valence-electron chi connectivity index (χ4n) is 5.59. The summed E-state index contributed by atoms with van der Waals surface area (Å²) in [4.78, 5) is 19.3. The molecule has 0 spiro atoms. The molecule has 0 bridgehead atoms. The highest BCUT2D eigenvalue weighted by Gasteiger charge is 2.32. The van der Waals surface area contributed by atoms with Crippen LogP contribution in [0.5, 0.6) is 17.2 Å². The van der Waals surface area contributed by atoms with Crippen LogP contribution in [0.1, 0.15) is 34.3 Å². The fourth-order valence-corrected chi connectivity index (χ4v) is 5.59. The van der Waals surface area contributed by atoms with Gasteiger partial charge in [-0.2, -0.15) is 0 Å². The number of carbonyl (C=O) groups is 1. The molecule has 34 heavy (non-hydrogen) atoms. The molecule has 4 aromatic rings. The summed E-state index contributed by atoms with van der Waals surface area (Å²) in [7, 11) is 3.33. The lowest BCUT2D eigenvalue weighted by molar-refractivity contribution is 0.0734. The van der Waals surface area contributed by atoms with Gasteiger partial charge in [-0.15, -0.1) is 0 Å². The summed E-state index contributed by atoms with van der Waals surface area (Å²) in [6.45, 7) is 2.09. The van der Waals surface area contributed by atoms with E-state index >= 15 is 0 Å². The van der Waals surface area contributed by atoms with Crippen molar-refractivity contribution in [3.63, 3.8) is 0 Å². The molecule has 0 N–H and O–H groups in total. The molecule has 1 aromatic heterocycles. The normalized spacial score (nSPS) is 17.4. The molecule has 0 saturated carbocycles. The highest BCUT2D eigenvalue weighted by atomic mass is 16.5. The minimum Gasteiger partial charge on any atom is -0.493 e. The van der Waals surface area contributed by atoms with E-state index in [2.05, 4.69) is 22.0 Å². The molecule has 0 aliphatic carbocycles. The number of hydrogen-bond donors (Lipinski definition) is 0. The van der Waals surface area contributed by atoms with E-state index in [1.807, 2.05) is 18.2 Å². The first-order chi connectivity index (χ1) is 16.7. The van der Waals surface area contributed by atoms with Crippen LogP contribution in [0.25, 0.3) is 21.5 Å². The molecule has 0 amide bonds. The van der Waals surface area contributed by atoms with Gasteiger partial charge in [-0.05, 0) is 94.9 Å². The average molecular weight is 455 g/mol. The van der Waals surface area contributed by atoms with Crippen molar-refractivity contribution in [2.75, 3.05) is 20.8 Å². The van der Waals surface area contributed by atoms with E-state index in [4.69, 9.17) is 14.2 Å². The first-order valence-electron chi connectivity index (χ1n) is 11.7. The number of esters is 1. The van der Waals surface area contributed by atoms with Gasteiger partial charge in [0.05, 0.1) is 19.8 Å². The Balaban J connectivity index is 1.54. The van der Waals surface area contributed by atoms with Gasteiger partial charge >= 0.3 is 5.97 Å².